The first kappa shape index (κ1) is 16.3. The lowest BCUT2D eigenvalue weighted by atomic mass is 9.83. The number of alkyl carbamates (subject to hydrolysis) is 1. The monoisotopic (exact) mass is 304 g/mol. The summed E-state index contributed by atoms with van der Waals surface area (Å²) >= 11 is 0. The topological polar surface area (TPSA) is 67.4 Å². The maximum Gasteiger partial charge on any atom is 0.408 e. The number of carbonyl (C=O) groups is 2. The van der Waals surface area contributed by atoms with Crippen LogP contribution in [0.25, 0.3) is 0 Å². The van der Waals surface area contributed by atoms with Crippen LogP contribution in [0.2, 0.25) is 0 Å². The van der Waals surface area contributed by atoms with Gasteiger partial charge < -0.3 is 15.4 Å². The number of hydrogen-bond donors (Lipinski definition) is 2. The largest absolute Gasteiger partial charge is 0.444 e. The van der Waals surface area contributed by atoms with Gasteiger partial charge in [-0.2, -0.15) is 0 Å². The average molecular weight is 304 g/mol. The Morgan fingerprint density at radius 1 is 1.27 bits per heavy atom. The lowest BCUT2D eigenvalue weighted by Gasteiger charge is -2.35. The molecule has 0 bridgehead atoms. The van der Waals surface area contributed by atoms with E-state index in [9.17, 15) is 9.59 Å². The van der Waals surface area contributed by atoms with E-state index in [1.165, 1.54) is 0 Å². The zero-order valence-corrected chi connectivity index (χ0v) is 13.6. The molecule has 1 heterocycles. The molecule has 1 aliphatic rings. The predicted molar refractivity (Wildman–Crippen MR) is 84.6 cm³/mol. The highest BCUT2D eigenvalue weighted by Crippen LogP contribution is 2.28. The molecule has 0 spiro atoms. The molecule has 0 aliphatic carbocycles. The number of carbonyl (C=O) groups excluding carboxylic acids is 2. The van der Waals surface area contributed by atoms with Crippen LogP contribution < -0.4 is 10.6 Å². The van der Waals surface area contributed by atoms with Gasteiger partial charge in [-0.15, -0.1) is 0 Å². The van der Waals surface area contributed by atoms with Gasteiger partial charge in [-0.25, -0.2) is 4.79 Å². The first-order valence-corrected chi connectivity index (χ1v) is 7.61. The minimum Gasteiger partial charge on any atom is -0.444 e. The van der Waals surface area contributed by atoms with Gasteiger partial charge in [0.2, 0.25) is 5.91 Å². The Morgan fingerprint density at radius 2 is 1.91 bits per heavy atom. The second kappa shape index (κ2) is 6.38. The summed E-state index contributed by atoms with van der Waals surface area (Å²) in [7, 11) is 0. The SMILES string of the molecule is C[C@H]1NC(=O)[C@@H](NC(=O)OC(C)(C)C)C[C@@H]1c1ccccc1. The molecule has 2 rings (SSSR count). The molecule has 2 amide bonds. The van der Waals surface area contributed by atoms with Crippen molar-refractivity contribution in [3.63, 3.8) is 0 Å². The second-order valence-electron chi connectivity index (χ2n) is 6.75. The fraction of sp³-hybridized carbons (Fsp3) is 0.529. The molecule has 120 valence electrons. The molecule has 3 atom stereocenters. The number of nitrogens with one attached hydrogen (secondary N) is 2. The Labute approximate surface area is 131 Å². The van der Waals surface area contributed by atoms with E-state index in [-0.39, 0.29) is 17.9 Å². The van der Waals surface area contributed by atoms with Crippen molar-refractivity contribution in [2.45, 2.75) is 57.7 Å². The molecular formula is C17H24N2O3. The van der Waals surface area contributed by atoms with Crippen LogP contribution in [0.1, 0.15) is 45.6 Å². The van der Waals surface area contributed by atoms with E-state index >= 15 is 0 Å². The van der Waals surface area contributed by atoms with E-state index in [0.717, 1.165) is 5.56 Å². The maximum absolute atomic E-state index is 12.1. The van der Waals surface area contributed by atoms with Crippen molar-refractivity contribution >= 4 is 12.0 Å². The van der Waals surface area contributed by atoms with Crippen molar-refractivity contribution in [2.75, 3.05) is 0 Å². The third kappa shape index (κ3) is 4.23. The smallest absolute Gasteiger partial charge is 0.408 e. The molecular weight excluding hydrogens is 280 g/mol. The van der Waals surface area contributed by atoms with Crippen molar-refractivity contribution in [2.24, 2.45) is 0 Å². The van der Waals surface area contributed by atoms with Crippen LogP contribution in [0.4, 0.5) is 4.79 Å². The molecule has 5 nitrogen and oxygen atoms in total. The summed E-state index contributed by atoms with van der Waals surface area (Å²) in [6.45, 7) is 7.37. The zero-order valence-electron chi connectivity index (χ0n) is 13.6. The quantitative estimate of drug-likeness (QED) is 0.882. The van der Waals surface area contributed by atoms with Crippen molar-refractivity contribution < 1.29 is 14.3 Å². The van der Waals surface area contributed by atoms with Gasteiger partial charge in [-0.1, -0.05) is 30.3 Å². The first-order chi connectivity index (χ1) is 10.3. The third-order valence-corrected chi connectivity index (χ3v) is 3.70. The van der Waals surface area contributed by atoms with Crippen molar-refractivity contribution in [1.29, 1.82) is 0 Å². The van der Waals surface area contributed by atoms with Crippen LogP contribution >= 0.6 is 0 Å². The van der Waals surface area contributed by atoms with Crippen molar-refractivity contribution in [1.82, 2.24) is 10.6 Å². The van der Waals surface area contributed by atoms with Gasteiger partial charge in [0, 0.05) is 12.0 Å². The van der Waals surface area contributed by atoms with E-state index in [4.69, 9.17) is 4.74 Å². The van der Waals surface area contributed by atoms with Gasteiger partial charge in [0.1, 0.15) is 11.6 Å². The van der Waals surface area contributed by atoms with Gasteiger partial charge in [0.15, 0.2) is 0 Å². The zero-order chi connectivity index (χ0) is 16.3. The lowest BCUT2D eigenvalue weighted by molar-refractivity contribution is -0.126. The molecule has 5 heteroatoms. The van der Waals surface area contributed by atoms with E-state index in [0.29, 0.717) is 6.42 Å². The average Bonchev–Trinajstić information content (AvgIpc) is 2.41. The molecule has 2 N–H and O–H groups in total. The Kier molecular flexibility index (Phi) is 4.74. The van der Waals surface area contributed by atoms with Gasteiger partial charge in [-0.05, 0) is 39.7 Å². The van der Waals surface area contributed by atoms with Crippen LogP contribution in [0, 0.1) is 0 Å². The van der Waals surface area contributed by atoms with Gasteiger partial charge in [-0.3, -0.25) is 4.79 Å². The standard InChI is InChI=1S/C17H24N2O3/c1-11-13(12-8-6-5-7-9-12)10-14(15(20)18-11)19-16(21)22-17(2,3)4/h5-9,11,13-14H,10H2,1-4H3,(H,18,20)(H,19,21)/t11-,13+,14+/m1/s1. The Bertz CT molecular complexity index is 537. The third-order valence-electron chi connectivity index (χ3n) is 3.70. The number of rotatable bonds is 2. The number of benzene rings is 1. The van der Waals surface area contributed by atoms with E-state index < -0.39 is 17.7 Å². The summed E-state index contributed by atoms with van der Waals surface area (Å²) in [5.41, 5.74) is 0.576. The van der Waals surface area contributed by atoms with E-state index in [1.807, 2.05) is 37.3 Å². The van der Waals surface area contributed by atoms with Gasteiger partial charge in [0.25, 0.3) is 0 Å². The molecule has 22 heavy (non-hydrogen) atoms. The Morgan fingerprint density at radius 3 is 2.50 bits per heavy atom. The first-order valence-electron chi connectivity index (χ1n) is 7.61. The number of ether oxygens (including phenoxy) is 1. The number of hydrogen-bond acceptors (Lipinski definition) is 3. The van der Waals surface area contributed by atoms with Crippen LogP contribution in [0.3, 0.4) is 0 Å². The van der Waals surface area contributed by atoms with Crippen molar-refractivity contribution in [3.8, 4) is 0 Å². The number of amides is 2. The molecule has 1 fully saturated rings. The number of piperidine rings is 1. The highest BCUT2D eigenvalue weighted by atomic mass is 16.6. The minimum atomic E-state index is -0.582. The summed E-state index contributed by atoms with van der Waals surface area (Å²) in [4.78, 5) is 24.0. The summed E-state index contributed by atoms with van der Waals surface area (Å²) in [5, 5.41) is 5.61. The molecule has 1 aromatic carbocycles. The lowest BCUT2D eigenvalue weighted by Crippen LogP contribution is -2.56. The molecule has 1 saturated heterocycles. The van der Waals surface area contributed by atoms with Crippen LogP contribution in [-0.4, -0.2) is 29.7 Å². The molecule has 1 aromatic rings. The van der Waals surface area contributed by atoms with Gasteiger partial charge >= 0.3 is 6.09 Å². The molecule has 0 aromatic heterocycles. The summed E-state index contributed by atoms with van der Waals surface area (Å²) in [5.74, 6) is 0.00405. The predicted octanol–water partition coefficient (Wildman–Crippen LogP) is 2.57. The fourth-order valence-corrected chi connectivity index (χ4v) is 2.69. The molecule has 0 unspecified atom stereocenters. The highest BCUT2D eigenvalue weighted by Gasteiger charge is 2.35. The van der Waals surface area contributed by atoms with Crippen LogP contribution in [-0.2, 0) is 9.53 Å². The van der Waals surface area contributed by atoms with Gasteiger partial charge in [0.05, 0.1) is 0 Å². The molecule has 0 radical (unpaired) electrons. The second-order valence-corrected chi connectivity index (χ2v) is 6.75. The summed E-state index contributed by atoms with van der Waals surface area (Å²) < 4.78 is 5.23. The Hall–Kier alpha value is -2.04. The van der Waals surface area contributed by atoms with E-state index in [1.54, 1.807) is 20.8 Å². The van der Waals surface area contributed by atoms with Crippen LogP contribution in [0.5, 0.6) is 0 Å². The fourth-order valence-electron chi connectivity index (χ4n) is 2.69. The molecule has 0 saturated carbocycles. The Balaban J connectivity index is 2.06. The minimum absolute atomic E-state index is 0.0339. The normalized spacial score (nSPS) is 25.3. The summed E-state index contributed by atoms with van der Waals surface area (Å²) in [6.07, 6.45) is 0.00463. The summed E-state index contributed by atoms with van der Waals surface area (Å²) in [6, 6.07) is 9.48. The van der Waals surface area contributed by atoms with Crippen LogP contribution in [0.15, 0.2) is 30.3 Å². The highest BCUT2D eigenvalue weighted by molar-refractivity contribution is 5.86. The maximum atomic E-state index is 12.1. The van der Waals surface area contributed by atoms with E-state index in [2.05, 4.69) is 10.6 Å². The van der Waals surface area contributed by atoms with Crippen molar-refractivity contribution in [3.05, 3.63) is 35.9 Å². The molecule has 1 aliphatic heterocycles.